The summed E-state index contributed by atoms with van der Waals surface area (Å²) in [6.07, 6.45) is 4.58. The van der Waals surface area contributed by atoms with E-state index in [1.165, 1.54) is 24.0 Å². The van der Waals surface area contributed by atoms with Crippen molar-refractivity contribution in [3.63, 3.8) is 0 Å². The predicted molar refractivity (Wildman–Crippen MR) is 137 cm³/mol. The zero-order valence-electron chi connectivity index (χ0n) is 18.3. The Hall–Kier alpha value is -2.29. The molecule has 4 N–H and O–H groups in total. The number of carbonyl (C=O) groups excluding carboxylic acids is 1. The van der Waals surface area contributed by atoms with Gasteiger partial charge in [0.25, 0.3) is 0 Å². The van der Waals surface area contributed by atoms with Crippen molar-refractivity contribution in [3.05, 3.63) is 59.2 Å². The zero-order chi connectivity index (χ0) is 21.3. The lowest BCUT2D eigenvalue weighted by Crippen LogP contribution is -2.26. The number of aryl methyl sites for hydroxylation is 2. The Balaban J connectivity index is 0.00000341. The van der Waals surface area contributed by atoms with E-state index in [-0.39, 0.29) is 35.9 Å². The van der Waals surface area contributed by atoms with Gasteiger partial charge in [0.1, 0.15) is 5.75 Å². The number of fused-ring (bicyclic) bond motifs is 1. The number of rotatable bonds is 9. The fraction of sp³-hybridized carbons (Fsp3) is 0.417. The number of amides is 1. The minimum atomic E-state index is -0.0526. The monoisotopic (exact) mass is 536 g/mol. The summed E-state index contributed by atoms with van der Waals surface area (Å²) >= 11 is 0. The highest BCUT2D eigenvalue weighted by Gasteiger charge is 2.11. The summed E-state index contributed by atoms with van der Waals surface area (Å²) < 4.78 is 5.45. The van der Waals surface area contributed by atoms with Gasteiger partial charge in [0.05, 0.1) is 12.6 Å². The number of carbonyl (C=O) groups is 1. The van der Waals surface area contributed by atoms with Crippen molar-refractivity contribution < 1.29 is 9.53 Å². The van der Waals surface area contributed by atoms with Crippen molar-refractivity contribution in [2.75, 3.05) is 18.5 Å². The molecule has 0 heterocycles. The molecule has 1 atom stereocenters. The van der Waals surface area contributed by atoms with Gasteiger partial charge in [-0.2, -0.15) is 0 Å². The number of aliphatic imine (C=N–C) groups is 1. The van der Waals surface area contributed by atoms with Gasteiger partial charge in [-0.3, -0.25) is 9.79 Å². The Kier molecular flexibility index (Phi) is 10.1. The van der Waals surface area contributed by atoms with Crippen LogP contribution in [0, 0.1) is 0 Å². The fourth-order valence-corrected chi connectivity index (χ4v) is 3.69. The first-order valence-electron chi connectivity index (χ1n) is 10.8. The molecule has 0 radical (unpaired) electrons. The molecule has 0 saturated heterocycles. The number of halogens is 1. The Morgan fingerprint density at radius 3 is 2.65 bits per heavy atom. The van der Waals surface area contributed by atoms with Crippen LogP contribution in [0.4, 0.5) is 5.69 Å². The molecule has 1 amide bonds. The lowest BCUT2D eigenvalue weighted by molar-refractivity contribution is -0.121. The molecule has 0 saturated carbocycles. The van der Waals surface area contributed by atoms with Crippen molar-refractivity contribution >= 4 is 41.5 Å². The molecule has 6 nitrogen and oxygen atoms in total. The Morgan fingerprint density at radius 1 is 1.16 bits per heavy atom. The van der Waals surface area contributed by atoms with Gasteiger partial charge in [-0.1, -0.05) is 18.2 Å². The summed E-state index contributed by atoms with van der Waals surface area (Å²) in [6.45, 7) is 5.08. The summed E-state index contributed by atoms with van der Waals surface area (Å²) in [4.78, 5) is 16.5. The van der Waals surface area contributed by atoms with Crippen LogP contribution in [0.1, 0.15) is 55.8 Å². The predicted octanol–water partition coefficient (Wildman–Crippen LogP) is 4.58. The second-order valence-electron chi connectivity index (χ2n) is 7.62. The van der Waals surface area contributed by atoms with Crippen LogP contribution < -0.4 is 21.1 Å². The van der Waals surface area contributed by atoms with Crippen molar-refractivity contribution in [2.45, 2.75) is 52.0 Å². The van der Waals surface area contributed by atoms with Crippen molar-refractivity contribution in [2.24, 2.45) is 10.7 Å². The number of hydrogen-bond donors (Lipinski definition) is 3. The summed E-state index contributed by atoms with van der Waals surface area (Å²) in [5.74, 6) is 1.23. The summed E-state index contributed by atoms with van der Waals surface area (Å²) in [5, 5.41) is 6.17. The number of hydrogen-bond acceptors (Lipinski definition) is 3. The summed E-state index contributed by atoms with van der Waals surface area (Å²) in [6, 6.07) is 14.1. The van der Waals surface area contributed by atoms with E-state index in [0.29, 0.717) is 32.0 Å². The molecular weight excluding hydrogens is 503 g/mol. The number of nitrogens with one attached hydrogen (secondary N) is 2. The lowest BCUT2D eigenvalue weighted by atomic mass is 10.1. The minimum absolute atomic E-state index is 0. The summed E-state index contributed by atoms with van der Waals surface area (Å²) in [5.41, 5.74) is 10.8. The normalized spacial score (nSPS) is 13.7. The molecule has 1 unspecified atom stereocenters. The first kappa shape index (κ1) is 25.0. The number of anilines is 1. The Labute approximate surface area is 202 Å². The van der Waals surface area contributed by atoms with Crippen LogP contribution in [-0.4, -0.2) is 25.0 Å². The van der Waals surface area contributed by atoms with Gasteiger partial charge in [0.2, 0.25) is 5.91 Å². The standard InChI is InChI=1S/C24H32N4O2.HI/c1-3-30-22-13-10-18(11-14-22)17(2)27-23(29)8-5-15-26-24(25)28-21-12-9-19-6-4-7-20(19)16-21;/h9-14,16-17H,3-8,15H2,1-2H3,(H,27,29)(H3,25,26,28);1H. The molecule has 0 aliphatic heterocycles. The molecule has 0 fully saturated rings. The molecule has 1 aliphatic rings. The lowest BCUT2D eigenvalue weighted by Gasteiger charge is -2.15. The van der Waals surface area contributed by atoms with Crippen LogP contribution in [-0.2, 0) is 17.6 Å². The van der Waals surface area contributed by atoms with Crippen LogP contribution >= 0.6 is 24.0 Å². The average molecular weight is 536 g/mol. The summed E-state index contributed by atoms with van der Waals surface area (Å²) in [7, 11) is 0. The third-order valence-electron chi connectivity index (χ3n) is 5.28. The van der Waals surface area contributed by atoms with E-state index >= 15 is 0 Å². The maximum atomic E-state index is 12.2. The Bertz CT molecular complexity index is 884. The molecule has 2 aromatic rings. The third kappa shape index (κ3) is 7.72. The second-order valence-corrected chi connectivity index (χ2v) is 7.62. The SMILES string of the molecule is CCOc1ccc(C(C)NC(=O)CCCN=C(N)Nc2ccc3c(c2)CCC3)cc1.I. The fourth-order valence-electron chi connectivity index (χ4n) is 3.69. The topological polar surface area (TPSA) is 88.7 Å². The molecule has 31 heavy (non-hydrogen) atoms. The molecule has 0 aromatic heterocycles. The van der Waals surface area contributed by atoms with Gasteiger partial charge in [0, 0.05) is 18.7 Å². The maximum Gasteiger partial charge on any atom is 0.220 e. The molecule has 0 bridgehead atoms. The number of nitrogens with two attached hydrogens (primary N) is 1. The molecule has 3 rings (SSSR count). The highest BCUT2D eigenvalue weighted by Crippen LogP contribution is 2.24. The van der Waals surface area contributed by atoms with Crippen LogP contribution in [0.2, 0.25) is 0 Å². The van der Waals surface area contributed by atoms with E-state index in [4.69, 9.17) is 10.5 Å². The van der Waals surface area contributed by atoms with Gasteiger partial charge in [0.15, 0.2) is 5.96 Å². The highest BCUT2D eigenvalue weighted by molar-refractivity contribution is 14.0. The molecule has 2 aromatic carbocycles. The first-order chi connectivity index (χ1) is 14.5. The maximum absolute atomic E-state index is 12.2. The van der Waals surface area contributed by atoms with Gasteiger partial charge in [-0.25, -0.2) is 0 Å². The van der Waals surface area contributed by atoms with Gasteiger partial charge in [-0.15, -0.1) is 24.0 Å². The van der Waals surface area contributed by atoms with E-state index < -0.39 is 0 Å². The van der Waals surface area contributed by atoms with E-state index in [1.807, 2.05) is 44.2 Å². The van der Waals surface area contributed by atoms with Gasteiger partial charge < -0.3 is 21.1 Å². The van der Waals surface area contributed by atoms with Crippen molar-refractivity contribution in [1.82, 2.24) is 5.32 Å². The second kappa shape index (κ2) is 12.5. The van der Waals surface area contributed by atoms with Crippen molar-refractivity contribution in [3.8, 4) is 5.75 Å². The number of guanidine groups is 1. The van der Waals surface area contributed by atoms with E-state index in [2.05, 4.69) is 27.8 Å². The number of ether oxygens (including phenoxy) is 1. The minimum Gasteiger partial charge on any atom is -0.494 e. The van der Waals surface area contributed by atoms with E-state index in [1.54, 1.807) is 0 Å². The van der Waals surface area contributed by atoms with Crippen LogP contribution in [0.3, 0.4) is 0 Å². The third-order valence-corrected chi connectivity index (χ3v) is 5.28. The molecule has 1 aliphatic carbocycles. The van der Waals surface area contributed by atoms with E-state index in [0.717, 1.165) is 23.4 Å². The largest absolute Gasteiger partial charge is 0.494 e. The molecule has 7 heteroatoms. The van der Waals surface area contributed by atoms with Crippen molar-refractivity contribution in [1.29, 1.82) is 0 Å². The smallest absolute Gasteiger partial charge is 0.220 e. The van der Waals surface area contributed by atoms with Crippen LogP contribution in [0.5, 0.6) is 5.75 Å². The number of benzene rings is 2. The van der Waals surface area contributed by atoms with Crippen LogP contribution in [0.15, 0.2) is 47.5 Å². The Morgan fingerprint density at radius 2 is 1.90 bits per heavy atom. The number of nitrogens with zero attached hydrogens (tertiary/aromatic N) is 1. The van der Waals surface area contributed by atoms with Gasteiger partial charge >= 0.3 is 0 Å². The van der Waals surface area contributed by atoms with Crippen LogP contribution in [0.25, 0.3) is 0 Å². The molecular formula is C24H33IN4O2. The molecule has 0 spiro atoms. The zero-order valence-corrected chi connectivity index (χ0v) is 20.6. The van der Waals surface area contributed by atoms with E-state index in [9.17, 15) is 4.79 Å². The average Bonchev–Trinajstić information content (AvgIpc) is 3.20. The highest BCUT2D eigenvalue weighted by atomic mass is 127. The first-order valence-corrected chi connectivity index (χ1v) is 10.8. The van der Waals surface area contributed by atoms with Gasteiger partial charge in [-0.05, 0) is 80.5 Å². The molecule has 168 valence electrons. The quantitative estimate of drug-likeness (QED) is 0.190.